The van der Waals surface area contributed by atoms with Gasteiger partial charge in [-0.2, -0.15) is 0 Å². The summed E-state index contributed by atoms with van der Waals surface area (Å²) in [4.78, 5) is 0. The SMILES string of the molecule is C=CCn1cbcc1. The van der Waals surface area contributed by atoms with Crippen molar-refractivity contribution in [2.45, 2.75) is 6.54 Å². The van der Waals surface area contributed by atoms with Gasteiger partial charge in [0.05, 0.1) is 0 Å². The van der Waals surface area contributed by atoms with Gasteiger partial charge >= 0.3 is 48.9 Å². The summed E-state index contributed by atoms with van der Waals surface area (Å²) < 4.78 is 2.06. The molecule has 2 heteroatoms. The summed E-state index contributed by atoms with van der Waals surface area (Å²) in [5, 5.41) is 0. The number of hydrogen-bond acceptors (Lipinski definition) is 0. The monoisotopic (exact) mass is 105 g/mol. The third-order valence-electron chi connectivity index (χ3n) is 1.01. The molecule has 1 aromatic rings. The fraction of sp³-hybridized carbons (Fsp3) is 0.167. The molecule has 1 rings (SSSR count). The summed E-state index contributed by atoms with van der Waals surface area (Å²) in [5.74, 6) is 2.00. The first kappa shape index (κ1) is 5.35. The van der Waals surface area contributed by atoms with Crippen molar-refractivity contribution in [3.05, 3.63) is 30.9 Å². The van der Waals surface area contributed by atoms with Gasteiger partial charge < -0.3 is 0 Å². The summed E-state index contributed by atoms with van der Waals surface area (Å²) in [6.07, 6.45) is 5.91. The van der Waals surface area contributed by atoms with E-state index in [0.29, 0.717) is 0 Å². The summed E-state index contributed by atoms with van der Waals surface area (Å²) in [5.41, 5.74) is 0. The van der Waals surface area contributed by atoms with Crippen LogP contribution in [-0.4, -0.2) is 11.5 Å². The molecule has 0 saturated carbocycles. The van der Waals surface area contributed by atoms with Gasteiger partial charge in [0.15, 0.2) is 0 Å². The van der Waals surface area contributed by atoms with Crippen molar-refractivity contribution in [3.8, 4) is 0 Å². The molecule has 0 radical (unpaired) electrons. The molecule has 0 aliphatic heterocycles. The van der Waals surface area contributed by atoms with E-state index in [1.165, 1.54) is 0 Å². The van der Waals surface area contributed by atoms with Gasteiger partial charge in [-0.1, -0.05) is 0 Å². The average molecular weight is 105 g/mol. The molecule has 8 heavy (non-hydrogen) atoms. The minimum absolute atomic E-state index is 0.910. The van der Waals surface area contributed by atoms with Crippen molar-refractivity contribution in [2.24, 2.45) is 0 Å². The van der Waals surface area contributed by atoms with Crippen LogP contribution < -0.4 is 0 Å². The van der Waals surface area contributed by atoms with E-state index in [0.717, 1.165) is 6.54 Å². The molecule has 0 bridgehead atoms. The van der Waals surface area contributed by atoms with Crippen LogP contribution in [0.1, 0.15) is 0 Å². The van der Waals surface area contributed by atoms with Crippen LogP contribution in [0.25, 0.3) is 0 Å². The van der Waals surface area contributed by atoms with E-state index in [-0.39, 0.29) is 0 Å². The van der Waals surface area contributed by atoms with Crippen LogP contribution in [0.4, 0.5) is 0 Å². The fourth-order valence-electron chi connectivity index (χ4n) is 0.641. The molecule has 1 nitrogen and oxygen atoms in total. The molecule has 0 aromatic carbocycles. The van der Waals surface area contributed by atoms with Crippen molar-refractivity contribution >= 4 is 6.91 Å². The molecule has 0 N–H and O–H groups in total. The molecular weight excluding hydrogens is 96.9 g/mol. The Labute approximate surface area is 49.9 Å². The number of nitrogens with zero attached hydrogens (tertiary/aromatic N) is 1. The molecule has 40 valence electrons. The van der Waals surface area contributed by atoms with Crippen molar-refractivity contribution < 1.29 is 0 Å². The Morgan fingerprint density at radius 3 is 3.12 bits per heavy atom. The van der Waals surface area contributed by atoms with Crippen molar-refractivity contribution in [2.75, 3.05) is 0 Å². The Bertz CT molecular complexity index is 155. The second kappa shape index (κ2) is 2.50. The first-order chi connectivity index (χ1) is 3.93. The molecule has 0 spiro atoms. The average Bonchev–Trinajstić information content (AvgIpc) is 2.19. The Hall–Kier alpha value is -0.785. The van der Waals surface area contributed by atoms with E-state index in [9.17, 15) is 0 Å². The third-order valence-corrected chi connectivity index (χ3v) is 1.01. The molecule has 0 aliphatic rings. The normalized spacial score (nSPS) is 8.50. The van der Waals surface area contributed by atoms with Crippen LogP contribution in [0.3, 0.4) is 0 Å². The molecular formula is C6H8BN. The van der Waals surface area contributed by atoms with Gasteiger partial charge in [-0.15, -0.1) is 0 Å². The van der Waals surface area contributed by atoms with E-state index in [1.54, 1.807) is 0 Å². The third kappa shape index (κ3) is 1.09. The van der Waals surface area contributed by atoms with Gasteiger partial charge in [0, 0.05) is 0 Å². The maximum absolute atomic E-state index is 3.61. The second-order valence-corrected chi connectivity index (χ2v) is 1.67. The number of hydrogen-bond donors (Lipinski definition) is 0. The van der Waals surface area contributed by atoms with E-state index in [1.807, 2.05) is 31.2 Å². The zero-order valence-electron chi connectivity index (χ0n) is 4.75. The second-order valence-electron chi connectivity index (χ2n) is 1.67. The number of aromatic nitrogens is 1. The van der Waals surface area contributed by atoms with Crippen LogP contribution in [0, 0.1) is 0 Å². The Morgan fingerprint density at radius 2 is 2.62 bits per heavy atom. The Kier molecular flexibility index (Phi) is 1.68. The van der Waals surface area contributed by atoms with E-state index in [2.05, 4.69) is 11.1 Å². The molecule has 0 fully saturated rings. The molecule has 0 atom stereocenters. The van der Waals surface area contributed by atoms with Crippen molar-refractivity contribution in [3.63, 3.8) is 0 Å². The summed E-state index contributed by atoms with van der Waals surface area (Å²) in [6.45, 7) is 6.53. The van der Waals surface area contributed by atoms with Gasteiger partial charge in [-0.05, 0) is 0 Å². The van der Waals surface area contributed by atoms with Gasteiger partial charge in [-0.25, -0.2) is 0 Å². The zero-order chi connectivity index (χ0) is 5.82. The quantitative estimate of drug-likeness (QED) is 0.494. The van der Waals surface area contributed by atoms with Crippen LogP contribution in [0.2, 0.25) is 0 Å². The van der Waals surface area contributed by atoms with E-state index in [4.69, 9.17) is 0 Å². The molecule has 0 saturated heterocycles. The summed E-state index contributed by atoms with van der Waals surface area (Å²) in [7, 11) is 0. The summed E-state index contributed by atoms with van der Waals surface area (Å²) >= 11 is 0. The molecule has 1 aromatic heterocycles. The molecule has 0 aliphatic carbocycles. The summed E-state index contributed by atoms with van der Waals surface area (Å²) in [6, 6.07) is 0. The molecule has 1 heterocycles. The van der Waals surface area contributed by atoms with E-state index < -0.39 is 0 Å². The Balaban J connectivity index is 2.62. The van der Waals surface area contributed by atoms with Gasteiger partial charge in [0.25, 0.3) is 0 Å². The first-order valence-electron chi connectivity index (χ1n) is 2.65. The topological polar surface area (TPSA) is 4.93 Å². The van der Waals surface area contributed by atoms with Gasteiger partial charge in [-0.3, -0.25) is 0 Å². The first-order valence-corrected chi connectivity index (χ1v) is 2.65. The van der Waals surface area contributed by atoms with Crippen LogP contribution in [0.15, 0.2) is 30.9 Å². The predicted molar refractivity (Wildman–Crippen MR) is 36.0 cm³/mol. The minimum atomic E-state index is 0.910. The molecule has 0 amide bonds. The maximum atomic E-state index is 3.61. The van der Waals surface area contributed by atoms with Crippen molar-refractivity contribution in [1.82, 2.24) is 4.57 Å². The standard InChI is InChI=1S/C6H8BN/c1-2-4-8-5-3-7-6-8/h2-3,5-6H,1,4H2. The van der Waals surface area contributed by atoms with E-state index >= 15 is 0 Å². The van der Waals surface area contributed by atoms with Crippen LogP contribution in [-0.2, 0) is 6.54 Å². The molecule has 0 unspecified atom stereocenters. The zero-order valence-corrected chi connectivity index (χ0v) is 4.75. The van der Waals surface area contributed by atoms with Crippen LogP contribution in [0.5, 0.6) is 0 Å². The van der Waals surface area contributed by atoms with Gasteiger partial charge in [0.2, 0.25) is 0 Å². The van der Waals surface area contributed by atoms with Crippen LogP contribution >= 0.6 is 0 Å². The predicted octanol–water partition coefficient (Wildman–Crippen LogP) is 1.01. The fourth-order valence-corrected chi connectivity index (χ4v) is 0.641. The Morgan fingerprint density at radius 1 is 1.75 bits per heavy atom. The van der Waals surface area contributed by atoms with Crippen molar-refractivity contribution in [1.29, 1.82) is 0 Å². The van der Waals surface area contributed by atoms with Gasteiger partial charge in [0.1, 0.15) is 0 Å². The number of allylic oxidation sites excluding steroid dienone is 1. The number of rotatable bonds is 2.